The topological polar surface area (TPSA) is 43.8 Å². The number of hydrogen-bond donors (Lipinski definition) is 1. The van der Waals surface area contributed by atoms with Crippen LogP contribution in [0.4, 0.5) is 0 Å². The van der Waals surface area contributed by atoms with Gasteiger partial charge in [-0.1, -0.05) is 17.7 Å². The van der Waals surface area contributed by atoms with Crippen molar-refractivity contribution in [3.63, 3.8) is 0 Å². The predicted molar refractivity (Wildman–Crippen MR) is 76.9 cm³/mol. The van der Waals surface area contributed by atoms with E-state index in [1.807, 2.05) is 31.3 Å². The standard InChI is InChI=1S/C13H12ClN3S/c1-17-10-6-8(7-15)2-3-9(10)16-13(17)11-4-5-12(14)18-11/h2-6H,7,15H2,1H3. The van der Waals surface area contributed by atoms with E-state index < -0.39 is 0 Å². The van der Waals surface area contributed by atoms with Crippen molar-refractivity contribution >= 4 is 34.0 Å². The Morgan fingerprint density at radius 2 is 2.17 bits per heavy atom. The van der Waals surface area contributed by atoms with Crippen molar-refractivity contribution in [1.29, 1.82) is 0 Å². The van der Waals surface area contributed by atoms with Crippen LogP contribution in [-0.2, 0) is 13.6 Å². The van der Waals surface area contributed by atoms with Crippen molar-refractivity contribution in [2.24, 2.45) is 12.8 Å². The molecule has 3 nitrogen and oxygen atoms in total. The summed E-state index contributed by atoms with van der Waals surface area (Å²) in [6.45, 7) is 0.543. The quantitative estimate of drug-likeness (QED) is 0.780. The number of nitrogens with two attached hydrogens (primary N) is 1. The van der Waals surface area contributed by atoms with Crippen LogP contribution >= 0.6 is 22.9 Å². The fourth-order valence-electron chi connectivity index (χ4n) is 2.02. The molecule has 0 saturated carbocycles. The Balaban J connectivity index is 2.22. The number of benzene rings is 1. The molecule has 0 bridgehead atoms. The minimum atomic E-state index is 0.543. The maximum Gasteiger partial charge on any atom is 0.151 e. The number of rotatable bonds is 2. The highest BCUT2D eigenvalue weighted by Crippen LogP contribution is 2.32. The summed E-state index contributed by atoms with van der Waals surface area (Å²) in [5.74, 6) is 0.941. The zero-order chi connectivity index (χ0) is 12.7. The Kier molecular flexibility index (Phi) is 2.86. The molecule has 1 aromatic carbocycles. The normalized spacial score (nSPS) is 11.3. The number of hydrogen-bond acceptors (Lipinski definition) is 3. The van der Waals surface area contributed by atoms with Gasteiger partial charge in [-0.2, -0.15) is 0 Å². The Morgan fingerprint density at radius 1 is 1.33 bits per heavy atom. The molecule has 0 aliphatic rings. The highest BCUT2D eigenvalue weighted by atomic mass is 35.5. The van der Waals surface area contributed by atoms with Crippen LogP contribution in [0.1, 0.15) is 5.56 Å². The van der Waals surface area contributed by atoms with E-state index in [0.29, 0.717) is 6.54 Å². The van der Waals surface area contributed by atoms with Crippen LogP contribution in [0.25, 0.3) is 21.7 Å². The number of aryl methyl sites for hydroxylation is 1. The zero-order valence-electron chi connectivity index (χ0n) is 9.85. The second kappa shape index (κ2) is 4.39. The van der Waals surface area contributed by atoms with E-state index >= 15 is 0 Å². The summed E-state index contributed by atoms with van der Waals surface area (Å²) in [5.41, 5.74) is 8.86. The van der Waals surface area contributed by atoms with Crippen LogP contribution in [0.5, 0.6) is 0 Å². The fourth-order valence-corrected chi connectivity index (χ4v) is 3.09. The van der Waals surface area contributed by atoms with E-state index in [1.54, 1.807) is 0 Å². The predicted octanol–water partition coefficient (Wildman–Crippen LogP) is 3.41. The van der Waals surface area contributed by atoms with Crippen molar-refractivity contribution in [3.05, 3.63) is 40.2 Å². The van der Waals surface area contributed by atoms with Gasteiger partial charge in [-0.05, 0) is 29.8 Å². The molecule has 2 aromatic heterocycles. The Labute approximate surface area is 114 Å². The van der Waals surface area contributed by atoms with Crippen LogP contribution in [0.3, 0.4) is 0 Å². The Morgan fingerprint density at radius 3 is 2.83 bits per heavy atom. The Hall–Kier alpha value is -1.36. The number of thiophene rings is 1. The molecule has 0 saturated heterocycles. The summed E-state index contributed by atoms with van der Waals surface area (Å²) < 4.78 is 2.86. The van der Waals surface area contributed by atoms with Crippen molar-refractivity contribution in [1.82, 2.24) is 9.55 Å². The van der Waals surface area contributed by atoms with Crippen LogP contribution < -0.4 is 5.73 Å². The van der Waals surface area contributed by atoms with Gasteiger partial charge in [-0.15, -0.1) is 11.3 Å². The molecule has 0 aliphatic carbocycles. The first-order valence-corrected chi connectivity index (χ1v) is 6.79. The summed E-state index contributed by atoms with van der Waals surface area (Å²) in [7, 11) is 2.01. The molecule has 5 heteroatoms. The van der Waals surface area contributed by atoms with Gasteiger partial charge < -0.3 is 10.3 Å². The summed E-state index contributed by atoms with van der Waals surface area (Å²) in [4.78, 5) is 5.72. The number of imidazole rings is 1. The maximum absolute atomic E-state index is 5.97. The molecule has 0 fully saturated rings. The van der Waals surface area contributed by atoms with Crippen molar-refractivity contribution in [3.8, 4) is 10.7 Å². The molecule has 18 heavy (non-hydrogen) atoms. The zero-order valence-corrected chi connectivity index (χ0v) is 11.4. The van der Waals surface area contributed by atoms with Crippen LogP contribution in [0, 0.1) is 0 Å². The van der Waals surface area contributed by atoms with Gasteiger partial charge in [-0.25, -0.2) is 4.98 Å². The third kappa shape index (κ3) is 1.82. The molecule has 2 heterocycles. The Bertz CT molecular complexity index is 714. The minimum Gasteiger partial charge on any atom is -0.326 e. The van der Waals surface area contributed by atoms with Gasteiger partial charge in [0.2, 0.25) is 0 Å². The molecule has 3 aromatic rings. The third-order valence-corrected chi connectivity index (χ3v) is 4.20. The largest absolute Gasteiger partial charge is 0.326 e. The average molecular weight is 278 g/mol. The lowest BCUT2D eigenvalue weighted by Crippen LogP contribution is -1.96. The van der Waals surface area contributed by atoms with E-state index in [-0.39, 0.29) is 0 Å². The molecule has 0 radical (unpaired) electrons. The second-order valence-electron chi connectivity index (χ2n) is 4.13. The first kappa shape index (κ1) is 11.7. The molecule has 0 unspecified atom stereocenters. The minimum absolute atomic E-state index is 0.543. The van der Waals surface area contributed by atoms with Gasteiger partial charge in [0.25, 0.3) is 0 Å². The fraction of sp³-hybridized carbons (Fsp3) is 0.154. The molecule has 0 amide bonds. The average Bonchev–Trinajstić information content (AvgIpc) is 2.94. The molecule has 0 atom stereocenters. The lowest BCUT2D eigenvalue weighted by molar-refractivity contribution is 0.960. The SMILES string of the molecule is Cn1c(-c2ccc(Cl)s2)nc2ccc(CN)cc21. The summed E-state index contributed by atoms with van der Waals surface area (Å²) in [6.07, 6.45) is 0. The number of halogens is 1. The van der Waals surface area contributed by atoms with Gasteiger partial charge in [0.1, 0.15) is 0 Å². The summed E-state index contributed by atoms with van der Waals surface area (Å²) in [6, 6.07) is 10.0. The lowest BCUT2D eigenvalue weighted by atomic mass is 10.2. The van der Waals surface area contributed by atoms with E-state index in [0.717, 1.165) is 31.6 Å². The van der Waals surface area contributed by atoms with Crippen LogP contribution in [0.2, 0.25) is 4.34 Å². The molecule has 92 valence electrons. The van der Waals surface area contributed by atoms with Crippen LogP contribution in [-0.4, -0.2) is 9.55 Å². The monoisotopic (exact) mass is 277 g/mol. The smallest absolute Gasteiger partial charge is 0.151 e. The molecular weight excluding hydrogens is 266 g/mol. The number of fused-ring (bicyclic) bond motifs is 1. The first-order chi connectivity index (χ1) is 8.69. The molecule has 0 aliphatic heterocycles. The third-order valence-electron chi connectivity index (χ3n) is 2.97. The van der Waals surface area contributed by atoms with Gasteiger partial charge in [-0.3, -0.25) is 0 Å². The summed E-state index contributed by atoms with van der Waals surface area (Å²) >= 11 is 7.51. The van der Waals surface area contributed by atoms with Crippen molar-refractivity contribution in [2.75, 3.05) is 0 Å². The molecule has 3 rings (SSSR count). The summed E-state index contributed by atoms with van der Waals surface area (Å²) in [5, 5.41) is 0. The van der Waals surface area contributed by atoms with Gasteiger partial charge in [0.05, 0.1) is 20.2 Å². The lowest BCUT2D eigenvalue weighted by Gasteiger charge is -2.00. The van der Waals surface area contributed by atoms with E-state index in [4.69, 9.17) is 17.3 Å². The van der Waals surface area contributed by atoms with E-state index in [9.17, 15) is 0 Å². The van der Waals surface area contributed by atoms with Crippen LogP contribution in [0.15, 0.2) is 30.3 Å². The molecular formula is C13H12ClN3S. The first-order valence-electron chi connectivity index (χ1n) is 5.60. The highest BCUT2D eigenvalue weighted by Gasteiger charge is 2.11. The number of aromatic nitrogens is 2. The van der Waals surface area contributed by atoms with E-state index in [2.05, 4.69) is 15.6 Å². The van der Waals surface area contributed by atoms with Gasteiger partial charge in [0.15, 0.2) is 5.82 Å². The van der Waals surface area contributed by atoms with Crippen molar-refractivity contribution in [2.45, 2.75) is 6.54 Å². The van der Waals surface area contributed by atoms with Gasteiger partial charge in [0, 0.05) is 13.6 Å². The number of nitrogens with zero attached hydrogens (tertiary/aromatic N) is 2. The highest BCUT2D eigenvalue weighted by molar-refractivity contribution is 7.19. The van der Waals surface area contributed by atoms with E-state index in [1.165, 1.54) is 11.3 Å². The van der Waals surface area contributed by atoms with Crippen molar-refractivity contribution < 1.29 is 0 Å². The second-order valence-corrected chi connectivity index (χ2v) is 5.84. The van der Waals surface area contributed by atoms with Gasteiger partial charge >= 0.3 is 0 Å². The molecule has 2 N–H and O–H groups in total. The molecule has 0 spiro atoms. The maximum atomic E-state index is 5.97.